The molecule has 0 atom stereocenters. The van der Waals surface area contributed by atoms with Gasteiger partial charge in [0.05, 0.1) is 4.91 Å². The summed E-state index contributed by atoms with van der Waals surface area (Å²) in [7, 11) is 0. The first-order valence-corrected chi connectivity index (χ1v) is 8.79. The largest absolute Gasteiger partial charge is 0.480 e. The summed E-state index contributed by atoms with van der Waals surface area (Å²) in [6, 6.07) is 9.12. The Morgan fingerprint density at radius 3 is 2.84 bits per heavy atom. The van der Waals surface area contributed by atoms with Gasteiger partial charge in [0.25, 0.3) is 5.91 Å². The van der Waals surface area contributed by atoms with E-state index in [1.54, 1.807) is 18.2 Å². The minimum absolute atomic E-state index is 0.218. The molecule has 3 rings (SSSR count). The van der Waals surface area contributed by atoms with Crippen LogP contribution in [0.1, 0.15) is 11.3 Å². The molecule has 0 bridgehead atoms. The number of hydrogen-bond donors (Lipinski definition) is 1. The van der Waals surface area contributed by atoms with Gasteiger partial charge in [-0.2, -0.15) is 0 Å². The first kappa shape index (κ1) is 17.7. The van der Waals surface area contributed by atoms with Crippen LogP contribution in [0.5, 0.6) is 0 Å². The van der Waals surface area contributed by atoms with Crippen LogP contribution in [0.25, 0.3) is 17.4 Å². The predicted molar refractivity (Wildman–Crippen MR) is 101 cm³/mol. The fourth-order valence-electron chi connectivity index (χ4n) is 2.23. The Morgan fingerprint density at radius 2 is 2.16 bits per heavy atom. The smallest absolute Gasteiger partial charge is 0.323 e. The highest BCUT2D eigenvalue weighted by molar-refractivity contribution is 8.26. The number of aliphatic carboxylic acids is 1. The molecule has 0 aliphatic carbocycles. The van der Waals surface area contributed by atoms with Crippen LogP contribution in [0.3, 0.4) is 0 Å². The number of carbonyl (C=O) groups excluding carboxylic acids is 1. The lowest BCUT2D eigenvalue weighted by molar-refractivity contribution is -0.140. The third-order valence-corrected chi connectivity index (χ3v) is 5.31. The molecule has 1 aromatic heterocycles. The molecule has 8 heteroatoms. The number of carboxylic acid groups (broad SMARTS) is 1. The Bertz CT molecular complexity index is 919. The quantitative estimate of drug-likeness (QED) is 0.620. The van der Waals surface area contributed by atoms with Crippen LogP contribution in [0.4, 0.5) is 0 Å². The molecule has 2 heterocycles. The fourth-order valence-corrected chi connectivity index (χ4v) is 3.65. The van der Waals surface area contributed by atoms with Gasteiger partial charge in [0, 0.05) is 16.7 Å². The molecule has 1 aromatic carbocycles. The van der Waals surface area contributed by atoms with Crippen molar-refractivity contribution in [3.63, 3.8) is 0 Å². The standard InChI is InChI=1S/C17H12ClNO4S2/c1-9-2-3-10(6-12(9)18)13-5-4-11(23-13)7-14-16(22)19(8-15(20)21)17(24)25-14/h2-7H,8H2,1H3,(H,20,21)/b14-7+. The molecular weight excluding hydrogens is 382 g/mol. The van der Waals surface area contributed by atoms with E-state index in [0.29, 0.717) is 21.4 Å². The monoisotopic (exact) mass is 393 g/mol. The fraction of sp³-hybridized carbons (Fsp3) is 0.118. The second-order valence-electron chi connectivity index (χ2n) is 5.33. The number of carboxylic acids is 1. The van der Waals surface area contributed by atoms with Crippen LogP contribution in [-0.2, 0) is 9.59 Å². The minimum atomic E-state index is -1.12. The van der Waals surface area contributed by atoms with Crippen molar-refractivity contribution in [2.75, 3.05) is 6.54 Å². The third kappa shape index (κ3) is 3.78. The van der Waals surface area contributed by atoms with E-state index in [4.69, 9.17) is 33.3 Å². The van der Waals surface area contributed by atoms with Gasteiger partial charge in [0.2, 0.25) is 0 Å². The number of carbonyl (C=O) groups is 2. The summed E-state index contributed by atoms with van der Waals surface area (Å²) in [6.45, 7) is 1.46. The maximum absolute atomic E-state index is 12.2. The normalized spacial score (nSPS) is 16.1. The number of thiocarbonyl (C=S) groups is 1. The average Bonchev–Trinajstić information content (AvgIpc) is 3.11. The van der Waals surface area contributed by atoms with Crippen molar-refractivity contribution in [3.05, 3.63) is 51.6 Å². The number of aryl methyl sites for hydroxylation is 1. The van der Waals surface area contributed by atoms with E-state index in [2.05, 4.69) is 0 Å². The van der Waals surface area contributed by atoms with Gasteiger partial charge in [-0.1, -0.05) is 47.7 Å². The van der Waals surface area contributed by atoms with Crippen LogP contribution < -0.4 is 0 Å². The van der Waals surface area contributed by atoms with Gasteiger partial charge in [-0.25, -0.2) is 0 Å². The van der Waals surface area contributed by atoms with Gasteiger partial charge < -0.3 is 9.52 Å². The number of furan rings is 1. The molecule has 2 aromatic rings. The lowest BCUT2D eigenvalue weighted by Crippen LogP contribution is -2.33. The molecule has 128 valence electrons. The lowest BCUT2D eigenvalue weighted by atomic mass is 10.1. The number of halogens is 1. The molecule has 0 unspecified atom stereocenters. The summed E-state index contributed by atoms with van der Waals surface area (Å²) in [5.41, 5.74) is 1.80. The second-order valence-corrected chi connectivity index (χ2v) is 7.41. The highest BCUT2D eigenvalue weighted by atomic mass is 35.5. The maximum Gasteiger partial charge on any atom is 0.323 e. The molecule has 0 radical (unpaired) electrons. The maximum atomic E-state index is 12.2. The molecule has 1 fully saturated rings. The Kier molecular flexibility index (Phi) is 4.99. The molecule has 1 aliphatic heterocycles. The first-order valence-electron chi connectivity index (χ1n) is 7.18. The summed E-state index contributed by atoms with van der Waals surface area (Å²) < 4.78 is 5.97. The Balaban J connectivity index is 1.84. The number of hydrogen-bond acceptors (Lipinski definition) is 5. The summed E-state index contributed by atoms with van der Waals surface area (Å²) in [5, 5.41) is 9.49. The minimum Gasteiger partial charge on any atom is -0.480 e. The van der Waals surface area contributed by atoms with Crippen molar-refractivity contribution in [1.82, 2.24) is 4.90 Å². The third-order valence-electron chi connectivity index (χ3n) is 3.52. The zero-order valence-electron chi connectivity index (χ0n) is 13.0. The van der Waals surface area contributed by atoms with Crippen LogP contribution in [0, 0.1) is 6.92 Å². The van der Waals surface area contributed by atoms with E-state index in [1.807, 2.05) is 25.1 Å². The molecular formula is C17H12ClNO4S2. The molecule has 0 saturated carbocycles. The molecule has 25 heavy (non-hydrogen) atoms. The number of amides is 1. The SMILES string of the molecule is Cc1ccc(-c2ccc(/C=C3/SC(=S)N(CC(=O)O)C3=O)o2)cc1Cl. The number of nitrogens with zero attached hydrogens (tertiary/aromatic N) is 1. The van der Waals surface area contributed by atoms with E-state index in [1.165, 1.54) is 0 Å². The van der Waals surface area contributed by atoms with Crippen LogP contribution in [-0.4, -0.2) is 32.7 Å². The van der Waals surface area contributed by atoms with Crippen LogP contribution in [0.2, 0.25) is 5.02 Å². The van der Waals surface area contributed by atoms with E-state index in [0.717, 1.165) is 27.8 Å². The lowest BCUT2D eigenvalue weighted by Gasteiger charge is -2.09. The molecule has 1 aliphatic rings. The Hall–Kier alpha value is -2.09. The highest BCUT2D eigenvalue weighted by Crippen LogP contribution is 2.34. The zero-order valence-corrected chi connectivity index (χ0v) is 15.4. The predicted octanol–water partition coefficient (Wildman–Crippen LogP) is 4.19. The zero-order chi connectivity index (χ0) is 18.1. The molecule has 1 amide bonds. The molecule has 1 N–H and O–H groups in total. The van der Waals surface area contributed by atoms with Gasteiger partial charge >= 0.3 is 5.97 Å². The Morgan fingerprint density at radius 1 is 1.40 bits per heavy atom. The topological polar surface area (TPSA) is 70.8 Å². The van der Waals surface area contributed by atoms with E-state index >= 15 is 0 Å². The van der Waals surface area contributed by atoms with Gasteiger partial charge in [0.15, 0.2) is 0 Å². The van der Waals surface area contributed by atoms with Crippen molar-refractivity contribution < 1.29 is 19.1 Å². The summed E-state index contributed by atoms with van der Waals surface area (Å²) >= 11 is 12.2. The summed E-state index contributed by atoms with van der Waals surface area (Å²) in [6.07, 6.45) is 1.56. The van der Waals surface area contributed by atoms with E-state index in [9.17, 15) is 9.59 Å². The Labute approximate surface area is 158 Å². The number of thioether (sulfide) groups is 1. The van der Waals surface area contributed by atoms with Gasteiger partial charge in [-0.15, -0.1) is 0 Å². The van der Waals surface area contributed by atoms with Crippen LogP contribution in [0.15, 0.2) is 39.7 Å². The molecule has 5 nitrogen and oxygen atoms in total. The number of benzene rings is 1. The molecule has 1 saturated heterocycles. The number of rotatable bonds is 4. The summed E-state index contributed by atoms with van der Waals surface area (Å²) in [4.78, 5) is 24.4. The summed E-state index contributed by atoms with van der Waals surface area (Å²) in [5.74, 6) is -0.459. The van der Waals surface area contributed by atoms with E-state index in [-0.39, 0.29) is 4.32 Å². The van der Waals surface area contributed by atoms with Crippen molar-refractivity contribution in [2.24, 2.45) is 0 Å². The first-order chi connectivity index (χ1) is 11.8. The highest BCUT2D eigenvalue weighted by Gasteiger charge is 2.33. The van der Waals surface area contributed by atoms with Crippen molar-refractivity contribution in [3.8, 4) is 11.3 Å². The van der Waals surface area contributed by atoms with Gasteiger partial charge in [0.1, 0.15) is 22.4 Å². The second kappa shape index (κ2) is 7.03. The van der Waals surface area contributed by atoms with Crippen molar-refractivity contribution in [2.45, 2.75) is 6.92 Å². The van der Waals surface area contributed by atoms with Gasteiger partial charge in [-0.3, -0.25) is 14.5 Å². The van der Waals surface area contributed by atoms with Crippen molar-refractivity contribution >= 4 is 57.9 Å². The van der Waals surface area contributed by atoms with Crippen molar-refractivity contribution in [1.29, 1.82) is 0 Å². The van der Waals surface area contributed by atoms with Gasteiger partial charge in [-0.05, 0) is 30.7 Å². The molecule has 0 spiro atoms. The van der Waals surface area contributed by atoms with Crippen LogP contribution >= 0.6 is 35.6 Å². The van der Waals surface area contributed by atoms with E-state index < -0.39 is 18.4 Å². The average molecular weight is 394 g/mol.